The lowest BCUT2D eigenvalue weighted by Gasteiger charge is -2.28. The summed E-state index contributed by atoms with van der Waals surface area (Å²) < 4.78 is 4.85. The average molecular weight is 246 g/mol. The molecule has 0 saturated carbocycles. The van der Waals surface area contributed by atoms with Crippen LogP contribution in [0.15, 0.2) is 11.4 Å². The van der Waals surface area contributed by atoms with E-state index in [9.17, 15) is 0 Å². The van der Waals surface area contributed by atoms with Crippen LogP contribution in [0.25, 0.3) is 0 Å². The third kappa shape index (κ3) is 2.59. The molecular weight excluding hydrogens is 224 g/mol. The van der Waals surface area contributed by atoms with Crippen LogP contribution in [0.3, 0.4) is 0 Å². The molecule has 1 unspecified atom stereocenters. The molecule has 15 heavy (non-hydrogen) atoms. The topological polar surface area (TPSA) is 6.48 Å². The van der Waals surface area contributed by atoms with Crippen LogP contribution < -0.4 is 0 Å². The number of hydrogen-bond donors (Lipinski definition) is 0. The van der Waals surface area contributed by atoms with Gasteiger partial charge in [-0.3, -0.25) is 8.61 Å². The Balaban J connectivity index is 2.81. The zero-order valence-corrected chi connectivity index (χ0v) is 12.0. The van der Waals surface area contributed by atoms with Gasteiger partial charge in [-0.05, 0) is 26.7 Å². The van der Waals surface area contributed by atoms with Crippen LogP contribution in [-0.2, 0) is 0 Å². The van der Waals surface area contributed by atoms with Crippen molar-refractivity contribution in [2.75, 3.05) is 12.5 Å². The summed E-state index contributed by atoms with van der Waals surface area (Å²) in [4.78, 5) is 0. The summed E-state index contributed by atoms with van der Waals surface area (Å²) in [5, 5.41) is 0. The highest BCUT2D eigenvalue weighted by Gasteiger charge is 2.31. The average Bonchev–Trinajstić information content (AvgIpc) is 2.46. The summed E-state index contributed by atoms with van der Waals surface area (Å²) in [5.41, 5.74) is 2.96. The fraction of sp³-hybridized carbons (Fsp3) is 0.818. The lowest BCUT2D eigenvalue weighted by Crippen LogP contribution is -2.29. The van der Waals surface area contributed by atoms with E-state index in [0.717, 1.165) is 0 Å². The van der Waals surface area contributed by atoms with Crippen LogP contribution in [0.4, 0.5) is 0 Å². The fourth-order valence-corrected chi connectivity index (χ4v) is 3.76. The second-order valence-electron chi connectivity index (χ2n) is 3.78. The Morgan fingerprint density at radius 2 is 1.80 bits per heavy atom. The molecule has 88 valence electrons. The molecule has 0 spiro atoms. The molecule has 0 radical (unpaired) electrons. The third-order valence-electron chi connectivity index (χ3n) is 2.85. The van der Waals surface area contributed by atoms with E-state index in [1.807, 2.05) is 23.9 Å². The monoisotopic (exact) mass is 246 g/mol. The Hall–Kier alpha value is 0.0400. The van der Waals surface area contributed by atoms with Crippen molar-refractivity contribution in [3.63, 3.8) is 0 Å². The minimum Gasteiger partial charge on any atom is -0.296 e. The summed E-state index contributed by atoms with van der Waals surface area (Å²) in [6.45, 7) is 6.77. The highest BCUT2D eigenvalue weighted by molar-refractivity contribution is 7.97. The van der Waals surface area contributed by atoms with Gasteiger partial charge in [0.1, 0.15) is 6.17 Å². The van der Waals surface area contributed by atoms with Crippen molar-refractivity contribution >= 4 is 23.9 Å². The van der Waals surface area contributed by atoms with E-state index in [1.54, 1.807) is 0 Å². The van der Waals surface area contributed by atoms with Gasteiger partial charge in [0.05, 0.1) is 0 Å². The van der Waals surface area contributed by atoms with Crippen molar-refractivity contribution < 1.29 is 0 Å². The number of unbranched alkanes of at least 4 members (excludes halogenated alkanes) is 1. The molecule has 0 fully saturated rings. The summed E-state index contributed by atoms with van der Waals surface area (Å²) in [7, 11) is 0. The minimum atomic E-state index is 0.488. The van der Waals surface area contributed by atoms with Gasteiger partial charge in [-0.15, -0.1) is 0 Å². The molecule has 4 heteroatoms. The third-order valence-corrected chi connectivity index (χ3v) is 4.74. The molecule has 1 heterocycles. The fourth-order valence-electron chi connectivity index (χ4n) is 2.08. The SMILES string of the molecule is CCCCC1=C(C)N(SC)C(C)N1SC. The van der Waals surface area contributed by atoms with Gasteiger partial charge in [-0.25, -0.2) is 0 Å². The summed E-state index contributed by atoms with van der Waals surface area (Å²) >= 11 is 3.67. The molecular formula is C11H22N2S2. The smallest absolute Gasteiger partial charge is 0.119 e. The molecule has 0 N–H and O–H groups in total. The molecule has 0 aromatic rings. The van der Waals surface area contributed by atoms with Gasteiger partial charge in [-0.2, -0.15) is 0 Å². The molecule has 0 aromatic carbocycles. The second-order valence-corrected chi connectivity index (χ2v) is 5.30. The first-order valence-corrected chi connectivity index (χ1v) is 7.90. The first-order chi connectivity index (χ1) is 7.17. The molecule has 0 aromatic heterocycles. The number of rotatable bonds is 5. The zero-order valence-electron chi connectivity index (χ0n) is 10.4. The second kappa shape index (κ2) is 5.94. The maximum atomic E-state index is 2.45. The standard InChI is InChI=1S/C11H22N2S2/c1-6-7-8-11-9(2)12(14-4)10(3)13(11)15-5/h10H,6-8H2,1-5H3. The first kappa shape index (κ1) is 13.1. The van der Waals surface area contributed by atoms with Gasteiger partial charge < -0.3 is 0 Å². The predicted octanol–water partition coefficient (Wildman–Crippen LogP) is 3.93. The van der Waals surface area contributed by atoms with Crippen LogP contribution in [0.1, 0.15) is 40.0 Å². The molecule has 1 atom stereocenters. The highest BCUT2D eigenvalue weighted by atomic mass is 32.2. The van der Waals surface area contributed by atoms with E-state index in [2.05, 4.69) is 41.9 Å². The van der Waals surface area contributed by atoms with Crippen molar-refractivity contribution in [1.29, 1.82) is 0 Å². The van der Waals surface area contributed by atoms with Gasteiger partial charge in [0, 0.05) is 23.9 Å². The molecule has 1 aliphatic rings. The molecule has 0 bridgehead atoms. The molecule has 1 aliphatic heterocycles. The lowest BCUT2D eigenvalue weighted by molar-refractivity contribution is 0.349. The van der Waals surface area contributed by atoms with Gasteiger partial charge >= 0.3 is 0 Å². The predicted molar refractivity (Wildman–Crippen MR) is 72.4 cm³/mol. The Kier molecular flexibility index (Phi) is 5.19. The van der Waals surface area contributed by atoms with Gasteiger partial charge in [-0.1, -0.05) is 37.2 Å². The van der Waals surface area contributed by atoms with Gasteiger partial charge in [0.25, 0.3) is 0 Å². The van der Waals surface area contributed by atoms with Crippen molar-refractivity contribution in [2.24, 2.45) is 0 Å². The highest BCUT2D eigenvalue weighted by Crippen LogP contribution is 2.39. The lowest BCUT2D eigenvalue weighted by atomic mass is 10.2. The van der Waals surface area contributed by atoms with Crippen LogP contribution in [0, 0.1) is 0 Å². The molecule has 2 nitrogen and oxygen atoms in total. The Labute approximate surface area is 103 Å². The van der Waals surface area contributed by atoms with Crippen LogP contribution in [0.2, 0.25) is 0 Å². The van der Waals surface area contributed by atoms with Crippen molar-refractivity contribution in [1.82, 2.24) is 8.61 Å². The normalized spacial score (nSPS) is 21.8. The zero-order chi connectivity index (χ0) is 11.4. The quantitative estimate of drug-likeness (QED) is 0.678. The van der Waals surface area contributed by atoms with Crippen LogP contribution >= 0.6 is 23.9 Å². The van der Waals surface area contributed by atoms with E-state index >= 15 is 0 Å². The van der Waals surface area contributed by atoms with Gasteiger partial charge in [0.15, 0.2) is 0 Å². The van der Waals surface area contributed by atoms with Crippen LogP contribution in [-0.4, -0.2) is 27.3 Å². The van der Waals surface area contributed by atoms with Crippen molar-refractivity contribution in [3.8, 4) is 0 Å². The first-order valence-electron chi connectivity index (χ1n) is 5.53. The number of allylic oxidation sites excluding steroid dienone is 2. The Morgan fingerprint density at radius 1 is 1.20 bits per heavy atom. The molecule has 0 saturated heterocycles. The van der Waals surface area contributed by atoms with E-state index in [-0.39, 0.29) is 0 Å². The van der Waals surface area contributed by atoms with E-state index in [0.29, 0.717) is 6.17 Å². The van der Waals surface area contributed by atoms with E-state index < -0.39 is 0 Å². The van der Waals surface area contributed by atoms with Crippen LogP contribution in [0.5, 0.6) is 0 Å². The largest absolute Gasteiger partial charge is 0.296 e. The van der Waals surface area contributed by atoms with Crippen molar-refractivity contribution in [3.05, 3.63) is 11.4 Å². The van der Waals surface area contributed by atoms with Gasteiger partial charge in [0.2, 0.25) is 0 Å². The summed E-state index contributed by atoms with van der Waals surface area (Å²) in [6, 6.07) is 0. The number of hydrogen-bond acceptors (Lipinski definition) is 4. The molecule has 0 aliphatic carbocycles. The van der Waals surface area contributed by atoms with E-state index in [1.165, 1.54) is 30.7 Å². The maximum Gasteiger partial charge on any atom is 0.119 e. The maximum absolute atomic E-state index is 2.45. The van der Waals surface area contributed by atoms with Crippen molar-refractivity contribution in [2.45, 2.75) is 46.2 Å². The summed E-state index contributed by atoms with van der Waals surface area (Å²) in [5.74, 6) is 0. The Bertz CT molecular complexity index is 241. The minimum absolute atomic E-state index is 0.488. The molecule has 1 rings (SSSR count). The Morgan fingerprint density at radius 3 is 2.27 bits per heavy atom. The summed E-state index contributed by atoms with van der Waals surface area (Å²) in [6.07, 6.45) is 8.58. The molecule has 0 amide bonds. The number of nitrogens with zero attached hydrogens (tertiary/aromatic N) is 2. The van der Waals surface area contributed by atoms with E-state index in [4.69, 9.17) is 0 Å².